The lowest BCUT2D eigenvalue weighted by atomic mass is 9.86. The van der Waals surface area contributed by atoms with Crippen molar-refractivity contribution in [2.75, 3.05) is 18.5 Å². The Hall–Kier alpha value is -1.39. The van der Waals surface area contributed by atoms with Crippen LogP contribution in [0.25, 0.3) is 0 Å². The quantitative estimate of drug-likeness (QED) is 0.868. The third kappa shape index (κ3) is 4.32. The normalized spacial score (nSPS) is 22.5. The van der Waals surface area contributed by atoms with Crippen LogP contribution in [0.3, 0.4) is 0 Å². The number of rotatable bonds is 5. The van der Waals surface area contributed by atoms with E-state index >= 15 is 0 Å². The maximum Gasteiger partial charge on any atom is 0.250 e. The molecule has 2 rings (SSSR count). The summed E-state index contributed by atoms with van der Waals surface area (Å²) in [6.07, 6.45) is 4.65. The Morgan fingerprint density at radius 3 is 2.95 bits per heavy atom. The monoisotopic (exact) mass is 276 g/mol. The predicted octanol–water partition coefficient (Wildman–Crippen LogP) is 2.47. The van der Waals surface area contributed by atoms with Crippen LogP contribution in [0.1, 0.15) is 31.2 Å². The molecule has 1 aliphatic carbocycles. The van der Waals surface area contributed by atoms with E-state index in [9.17, 15) is 4.79 Å². The first-order chi connectivity index (χ1) is 9.69. The van der Waals surface area contributed by atoms with E-state index in [1.807, 2.05) is 31.2 Å². The van der Waals surface area contributed by atoms with Crippen molar-refractivity contribution in [2.24, 2.45) is 11.7 Å². The largest absolute Gasteiger partial charge is 0.368 e. The van der Waals surface area contributed by atoms with Crippen LogP contribution < -0.4 is 11.1 Å². The van der Waals surface area contributed by atoms with E-state index in [-0.39, 0.29) is 18.6 Å². The van der Waals surface area contributed by atoms with Gasteiger partial charge in [-0.15, -0.1) is 0 Å². The minimum absolute atomic E-state index is 0.100. The van der Waals surface area contributed by atoms with Gasteiger partial charge in [-0.25, -0.2) is 0 Å². The van der Waals surface area contributed by atoms with Gasteiger partial charge in [-0.2, -0.15) is 0 Å². The third-order valence-electron chi connectivity index (χ3n) is 3.87. The van der Waals surface area contributed by atoms with E-state index in [0.29, 0.717) is 12.5 Å². The number of ether oxygens (including phenoxy) is 1. The highest BCUT2D eigenvalue weighted by atomic mass is 16.5. The molecule has 1 aromatic carbocycles. The molecule has 0 heterocycles. The smallest absolute Gasteiger partial charge is 0.250 e. The molecule has 20 heavy (non-hydrogen) atoms. The van der Waals surface area contributed by atoms with Crippen molar-refractivity contribution < 1.29 is 9.53 Å². The molecule has 0 aliphatic heterocycles. The van der Waals surface area contributed by atoms with Crippen LogP contribution >= 0.6 is 0 Å². The number of amides is 1. The van der Waals surface area contributed by atoms with Crippen molar-refractivity contribution in [3.63, 3.8) is 0 Å². The zero-order chi connectivity index (χ0) is 14.4. The Morgan fingerprint density at radius 2 is 2.20 bits per heavy atom. The molecule has 1 aromatic rings. The molecule has 0 bridgehead atoms. The van der Waals surface area contributed by atoms with E-state index in [1.165, 1.54) is 12.8 Å². The van der Waals surface area contributed by atoms with Crippen LogP contribution in [0.15, 0.2) is 24.3 Å². The first-order valence-corrected chi connectivity index (χ1v) is 7.37. The standard InChI is InChI=1S/C16H24N2O2/c1-12-5-4-7-14(9-12)18-16(19)11-20-15-8-3-2-6-13(15)10-17/h4-5,7,9,13,15H,2-3,6,8,10-11,17H2,1H3,(H,18,19). The fourth-order valence-electron chi connectivity index (χ4n) is 2.77. The molecule has 0 aromatic heterocycles. The molecule has 1 saturated carbocycles. The summed E-state index contributed by atoms with van der Waals surface area (Å²) in [6, 6.07) is 7.76. The van der Waals surface area contributed by atoms with Gasteiger partial charge in [0, 0.05) is 5.69 Å². The number of hydrogen-bond donors (Lipinski definition) is 2. The van der Waals surface area contributed by atoms with Gasteiger partial charge < -0.3 is 15.8 Å². The van der Waals surface area contributed by atoms with Gasteiger partial charge in [0.1, 0.15) is 6.61 Å². The molecule has 0 spiro atoms. The first-order valence-electron chi connectivity index (χ1n) is 7.37. The van der Waals surface area contributed by atoms with Crippen molar-refractivity contribution in [2.45, 2.75) is 38.7 Å². The summed E-state index contributed by atoms with van der Waals surface area (Å²) in [4.78, 5) is 11.9. The lowest BCUT2D eigenvalue weighted by Crippen LogP contribution is -2.35. The number of hydrogen-bond acceptors (Lipinski definition) is 3. The van der Waals surface area contributed by atoms with Crippen LogP contribution in [0, 0.1) is 12.8 Å². The number of carbonyl (C=O) groups is 1. The number of benzene rings is 1. The Bertz CT molecular complexity index is 448. The zero-order valence-corrected chi connectivity index (χ0v) is 12.1. The highest BCUT2D eigenvalue weighted by Crippen LogP contribution is 2.26. The number of nitrogens with two attached hydrogens (primary N) is 1. The summed E-state index contributed by atoms with van der Waals surface area (Å²) >= 11 is 0. The second-order valence-corrected chi connectivity index (χ2v) is 5.55. The molecule has 1 aliphatic rings. The molecule has 110 valence electrons. The predicted molar refractivity (Wildman–Crippen MR) is 80.6 cm³/mol. The van der Waals surface area contributed by atoms with Gasteiger partial charge in [0.05, 0.1) is 6.10 Å². The molecule has 1 fully saturated rings. The molecule has 0 radical (unpaired) electrons. The summed E-state index contributed by atoms with van der Waals surface area (Å²) in [6.45, 7) is 2.75. The van der Waals surface area contributed by atoms with Crippen molar-refractivity contribution in [1.82, 2.24) is 0 Å². The van der Waals surface area contributed by atoms with Crippen molar-refractivity contribution in [1.29, 1.82) is 0 Å². The molecule has 2 atom stereocenters. The van der Waals surface area contributed by atoms with Gasteiger partial charge in [-0.3, -0.25) is 4.79 Å². The van der Waals surface area contributed by atoms with E-state index in [2.05, 4.69) is 5.32 Å². The van der Waals surface area contributed by atoms with E-state index in [4.69, 9.17) is 10.5 Å². The Morgan fingerprint density at radius 1 is 1.40 bits per heavy atom. The van der Waals surface area contributed by atoms with Crippen molar-refractivity contribution in [3.8, 4) is 0 Å². The van der Waals surface area contributed by atoms with Gasteiger partial charge in [-0.05, 0) is 49.9 Å². The summed E-state index contributed by atoms with van der Waals surface area (Å²) in [5, 5.41) is 2.86. The average Bonchev–Trinajstić information content (AvgIpc) is 2.45. The van der Waals surface area contributed by atoms with Crippen LogP contribution in [-0.2, 0) is 9.53 Å². The van der Waals surface area contributed by atoms with E-state index < -0.39 is 0 Å². The van der Waals surface area contributed by atoms with Gasteiger partial charge in [0.25, 0.3) is 0 Å². The minimum atomic E-state index is -0.100. The van der Waals surface area contributed by atoms with Gasteiger partial charge in [0.2, 0.25) is 5.91 Å². The van der Waals surface area contributed by atoms with Gasteiger partial charge in [0.15, 0.2) is 0 Å². The Balaban J connectivity index is 1.79. The number of anilines is 1. The lowest BCUT2D eigenvalue weighted by molar-refractivity contribution is -0.124. The van der Waals surface area contributed by atoms with E-state index in [0.717, 1.165) is 24.1 Å². The van der Waals surface area contributed by atoms with Crippen LogP contribution in [0.5, 0.6) is 0 Å². The second-order valence-electron chi connectivity index (χ2n) is 5.55. The Labute approximate surface area is 120 Å². The van der Waals surface area contributed by atoms with Crippen molar-refractivity contribution in [3.05, 3.63) is 29.8 Å². The number of aryl methyl sites for hydroxylation is 1. The topological polar surface area (TPSA) is 64.3 Å². The summed E-state index contributed by atoms with van der Waals surface area (Å²) in [7, 11) is 0. The molecule has 0 saturated heterocycles. The molecule has 1 amide bonds. The molecule has 3 N–H and O–H groups in total. The fraction of sp³-hybridized carbons (Fsp3) is 0.562. The second kappa shape index (κ2) is 7.41. The van der Waals surface area contributed by atoms with Crippen LogP contribution in [-0.4, -0.2) is 25.2 Å². The average molecular weight is 276 g/mol. The summed E-state index contributed by atoms with van der Waals surface area (Å²) < 4.78 is 5.76. The fourth-order valence-corrected chi connectivity index (χ4v) is 2.77. The van der Waals surface area contributed by atoms with E-state index in [1.54, 1.807) is 0 Å². The maximum atomic E-state index is 11.9. The molecule has 4 heteroatoms. The summed E-state index contributed by atoms with van der Waals surface area (Å²) in [5.41, 5.74) is 7.70. The van der Waals surface area contributed by atoms with Gasteiger partial charge >= 0.3 is 0 Å². The molecule has 2 unspecified atom stereocenters. The summed E-state index contributed by atoms with van der Waals surface area (Å²) in [5.74, 6) is 0.299. The number of nitrogens with one attached hydrogen (secondary N) is 1. The van der Waals surface area contributed by atoms with Crippen LogP contribution in [0.4, 0.5) is 5.69 Å². The van der Waals surface area contributed by atoms with Crippen molar-refractivity contribution >= 4 is 11.6 Å². The minimum Gasteiger partial charge on any atom is -0.368 e. The Kier molecular flexibility index (Phi) is 5.56. The SMILES string of the molecule is Cc1cccc(NC(=O)COC2CCCCC2CN)c1. The zero-order valence-electron chi connectivity index (χ0n) is 12.1. The van der Waals surface area contributed by atoms with Gasteiger partial charge in [-0.1, -0.05) is 25.0 Å². The maximum absolute atomic E-state index is 11.9. The molecular weight excluding hydrogens is 252 g/mol. The van der Waals surface area contributed by atoms with Crippen LogP contribution in [0.2, 0.25) is 0 Å². The highest BCUT2D eigenvalue weighted by molar-refractivity contribution is 5.91. The third-order valence-corrected chi connectivity index (χ3v) is 3.87. The molecular formula is C16H24N2O2. The lowest BCUT2D eigenvalue weighted by Gasteiger charge is -2.30. The molecule has 4 nitrogen and oxygen atoms in total. The first kappa shape index (κ1) is 15.0. The highest BCUT2D eigenvalue weighted by Gasteiger charge is 2.25. The number of carbonyl (C=O) groups excluding carboxylic acids is 1.